The fraction of sp³-hybridized carbons (Fsp3) is 0.417. The first-order chi connectivity index (χ1) is 7.65. The second-order valence-corrected chi connectivity index (χ2v) is 3.87. The molecule has 0 aromatic heterocycles. The Balaban J connectivity index is 2.55. The van der Waals surface area contributed by atoms with Crippen LogP contribution in [-0.4, -0.2) is 31.4 Å². The van der Waals surface area contributed by atoms with Gasteiger partial charge in [0.2, 0.25) is 5.91 Å². The number of hydrogen-bond donors (Lipinski definition) is 2. The molecular weight excluding hydrogens is 202 g/mol. The van der Waals surface area contributed by atoms with Crippen molar-refractivity contribution in [1.82, 2.24) is 10.2 Å². The van der Waals surface area contributed by atoms with Crippen LogP contribution in [0.2, 0.25) is 0 Å². The smallest absolute Gasteiger partial charge is 0.233 e. The Labute approximate surface area is 96.4 Å². The number of carbonyl (C=O) groups excluding carboxylic acids is 1. The summed E-state index contributed by atoms with van der Waals surface area (Å²) in [4.78, 5) is 13.1. The highest BCUT2D eigenvalue weighted by Crippen LogP contribution is 2.06. The van der Waals surface area contributed by atoms with Gasteiger partial charge in [0.1, 0.15) is 0 Å². The van der Waals surface area contributed by atoms with Gasteiger partial charge >= 0.3 is 0 Å². The minimum atomic E-state index is 0.0254. The van der Waals surface area contributed by atoms with E-state index in [0.717, 1.165) is 12.1 Å². The summed E-state index contributed by atoms with van der Waals surface area (Å²) in [6.45, 7) is 1.71. The molecule has 0 saturated heterocycles. The van der Waals surface area contributed by atoms with Crippen LogP contribution >= 0.6 is 0 Å². The summed E-state index contributed by atoms with van der Waals surface area (Å²) in [6, 6.07) is 8.10. The fourth-order valence-corrected chi connectivity index (χ4v) is 1.55. The Morgan fingerprint density at radius 2 is 2.12 bits per heavy atom. The zero-order chi connectivity index (χ0) is 12.0. The van der Waals surface area contributed by atoms with Gasteiger partial charge in [0, 0.05) is 20.1 Å². The molecule has 0 heterocycles. The van der Waals surface area contributed by atoms with E-state index in [-0.39, 0.29) is 5.91 Å². The van der Waals surface area contributed by atoms with Gasteiger partial charge in [-0.3, -0.25) is 9.69 Å². The SMILES string of the molecule is CNC(=O)CN(C)Cc1cccc(CN)c1. The summed E-state index contributed by atoms with van der Waals surface area (Å²) in [5.41, 5.74) is 7.87. The molecular formula is C12H19N3O. The van der Waals surface area contributed by atoms with E-state index in [1.807, 2.05) is 30.1 Å². The van der Waals surface area contributed by atoms with Crippen molar-refractivity contribution in [3.05, 3.63) is 35.4 Å². The third-order valence-corrected chi connectivity index (χ3v) is 2.37. The fourth-order valence-electron chi connectivity index (χ4n) is 1.55. The lowest BCUT2D eigenvalue weighted by Gasteiger charge is -2.15. The topological polar surface area (TPSA) is 58.4 Å². The van der Waals surface area contributed by atoms with E-state index in [4.69, 9.17) is 5.73 Å². The summed E-state index contributed by atoms with van der Waals surface area (Å²) in [5.74, 6) is 0.0254. The zero-order valence-electron chi connectivity index (χ0n) is 9.86. The number of amides is 1. The lowest BCUT2D eigenvalue weighted by atomic mass is 10.1. The number of carbonyl (C=O) groups is 1. The lowest BCUT2D eigenvalue weighted by molar-refractivity contribution is -0.121. The minimum absolute atomic E-state index is 0.0254. The van der Waals surface area contributed by atoms with Gasteiger partial charge < -0.3 is 11.1 Å². The molecule has 88 valence electrons. The van der Waals surface area contributed by atoms with Gasteiger partial charge in [0.05, 0.1) is 6.54 Å². The third-order valence-electron chi connectivity index (χ3n) is 2.37. The van der Waals surface area contributed by atoms with Crippen molar-refractivity contribution < 1.29 is 4.79 Å². The van der Waals surface area contributed by atoms with Crippen molar-refractivity contribution in [2.24, 2.45) is 5.73 Å². The molecule has 0 bridgehead atoms. The van der Waals surface area contributed by atoms with Crippen LogP contribution in [0.15, 0.2) is 24.3 Å². The molecule has 0 aliphatic rings. The lowest BCUT2D eigenvalue weighted by Crippen LogP contribution is -2.32. The van der Waals surface area contributed by atoms with Gasteiger partial charge in [0.25, 0.3) is 0 Å². The first-order valence-electron chi connectivity index (χ1n) is 5.32. The third kappa shape index (κ3) is 4.00. The minimum Gasteiger partial charge on any atom is -0.358 e. The number of hydrogen-bond acceptors (Lipinski definition) is 3. The first kappa shape index (κ1) is 12.7. The van der Waals surface area contributed by atoms with Crippen LogP contribution < -0.4 is 11.1 Å². The Bertz CT molecular complexity index is 352. The second-order valence-electron chi connectivity index (χ2n) is 3.87. The van der Waals surface area contributed by atoms with E-state index >= 15 is 0 Å². The van der Waals surface area contributed by atoms with E-state index < -0.39 is 0 Å². The van der Waals surface area contributed by atoms with Gasteiger partial charge in [-0.1, -0.05) is 24.3 Å². The summed E-state index contributed by atoms with van der Waals surface area (Å²) < 4.78 is 0. The Kier molecular flexibility index (Phi) is 4.95. The molecule has 16 heavy (non-hydrogen) atoms. The summed E-state index contributed by atoms with van der Waals surface area (Å²) in [7, 11) is 3.57. The predicted molar refractivity (Wildman–Crippen MR) is 64.7 cm³/mol. The molecule has 0 atom stereocenters. The van der Waals surface area contributed by atoms with Crippen molar-refractivity contribution in [2.75, 3.05) is 20.6 Å². The van der Waals surface area contributed by atoms with Crippen molar-refractivity contribution >= 4 is 5.91 Å². The number of nitrogens with two attached hydrogens (primary N) is 1. The molecule has 1 aromatic rings. The number of nitrogens with zero attached hydrogens (tertiary/aromatic N) is 1. The normalized spacial score (nSPS) is 10.5. The van der Waals surface area contributed by atoms with Crippen LogP contribution in [0.1, 0.15) is 11.1 Å². The quantitative estimate of drug-likeness (QED) is 0.753. The number of benzene rings is 1. The van der Waals surface area contributed by atoms with Crippen molar-refractivity contribution in [2.45, 2.75) is 13.1 Å². The standard InChI is InChI=1S/C12H19N3O/c1-14-12(16)9-15(2)8-11-5-3-4-10(6-11)7-13/h3-6H,7-9,13H2,1-2H3,(H,14,16). The van der Waals surface area contributed by atoms with E-state index in [1.54, 1.807) is 7.05 Å². The summed E-state index contributed by atoms with van der Waals surface area (Å²) >= 11 is 0. The summed E-state index contributed by atoms with van der Waals surface area (Å²) in [5, 5.41) is 2.60. The number of rotatable bonds is 5. The maximum Gasteiger partial charge on any atom is 0.233 e. The predicted octanol–water partition coefficient (Wildman–Crippen LogP) is 0.323. The number of likely N-dealkylation sites (N-methyl/N-ethyl adjacent to an activating group) is 2. The molecule has 1 aromatic carbocycles. The van der Waals surface area contributed by atoms with E-state index in [9.17, 15) is 4.79 Å². The average molecular weight is 221 g/mol. The van der Waals surface area contributed by atoms with Crippen molar-refractivity contribution in [1.29, 1.82) is 0 Å². The molecule has 1 amide bonds. The molecule has 3 N–H and O–H groups in total. The van der Waals surface area contributed by atoms with Crippen LogP contribution in [0.5, 0.6) is 0 Å². The van der Waals surface area contributed by atoms with E-state index in [2.05, 4.69) is 11.4 Å². The Morgan fingerprint density at radius 1 is 1.44 bits per heavy atom. The first-order valence-corrected chi connectivity index (χ1v) is 5.32. The molecule has 0 aliphatic heterocycles. The van der Waals surface area contributed by atoms with E-state index in [1.165, 1.54) is 5.56 Å². The molecule has 0 saturated carbocycles. The summed E-state index contributed by atoms with van der Waals surface area (Å²) in [6.07, 6.45) is 0. The molecule has 1 rings (SSSR count). The van der Waals surface area contributed by atoms with Gasteiger partial charge in [-0.2, -0.15) is 0 Å². The molecule has 0 fully saturated rings. The Morgan fingerprint density at radius 3 is 2.75 bits per heavy atom. The maximum atomic E-state index is 11.2. The molecule has 0 radical (unpaired) electrons. The molecule has 0 unspecified atom stereocenters. The van der Waals surface area contributed by atoms with Crippen LogP contribution in [0, 0.1) is 0 Å². The van der Waals surface area contributed by atoms with Gasteiger partial charge in [0.15, 0.2) is 0 Å². The van der Waals surface area contributed by atoms with Crippen LogP contribution in [0.4, 0.5) is 0 Å². The molecule has 4 nitrogen and oxygen atoms in total. The zero-order valence-corrected chi connectivity index (χ0v) is 9.86. The van der Waals surface area contributed by atoms with E-state index in [0.29, 0.717) is 13.1 Å². The molecule has 4 heteroatoms. The van der Waals surface area contributed by atoms with Crippen molar-refractivity contribution in [3.63, 3.8) is 0 Å². The maximum absolute atomic E-state index is 11.2. The second kappa shape index (κ2) is 6.25. The average Bonchev–Trinajstić information content (AvgIpc) is 2.28. The van der Waals surface area contributed by atoms with Gasteiger partial charge in [-0.15, -0.1) is 0 Å². The van der Waals surface area contributed by atoms with Crippen LogP contribution in [0.25, 0.3) is 0 Å². The highest BCUT2D eigenvalue weighted by Gasteiger charge is 2.05. The van der Waals surface area contributed by atoms with Gasteiger partial charge in [-0.05, 0) is 18.2 Å². The van der Waals surface area contributed by atoms with Crippen molar-refractivity contribution in [3.8, 4) is 0 Å². The number of nitrogens with one attached hydrogen (secondary N) is 1. The molecule has 0 spiro atoms. The van der Waals surface area contributed by atoms with Gasteiger partial charge in [-0.25, -0.2) is 0 Å². The molecule has 0 aliphatic carbocycles. The monoisotopic (exact) mass is 221 g/mol. The highest BCUT2D eigenvalue weighted by atomic mass is 16.1. The highest BCUT2D eigenvalue weighted by molar-refractivity contribution is 5.77. The largest absolute Gasteiger partial charge is 0.358 e. The van der Waals surface area contributed by atoms with Crippen LogP contribution in [-0.2, 0) is 17.9 Å². The Hall–Kier alpha value is -1.39. The van der Waals surface area contributed by atoms with Crippen LogP contribution in [0.3, 0.4) is 0 Å².